The zero-order chi connectivity index (χ0) is 43.5. The Morgan fingerprint density at radius 1 is 0.533 bits per heavy atom. The fourth-order valence-electron chi connectivity index (χ4n) is 6.78. The molecule has 0 radical (unpaired) electrons. The van der Waals surface area contributed by atoms with Gasteiger partial charge in [0.2, 0.25) is 11.8 Å². The van der Waals surface area contributed by atoms with Crippen LogP contribution in [0.15, 0.2) is 0 Å². The molecule has 0 rings (SSSR count). The van der Waals surface area contributed by atoms with Crippen LogP contribution in [0.1, 0.15) is 219 Å². The number of nitrogens with two attached hydrogens (primary N) is 1. The van der Waals surface area contributed by atoms with Crippen LogP contribution in [-0.2, 0) is 42.3 Å². The number of carbonyl (C=O) groups is 4. The van der Waals surface area contributed by atoms with Gasteiger partial charge in [0.25, 0.3) is 0 Å². The van der Waals surface area contributed by atoms with Gasteiger partial charge in [-0.1, -0.05) is 194 Å². The molecule has 0 aromatic carbocycles. The number of ether oxygens (including phenoxy) is 2. The van der Waals surface area contributed by atoms with Crippen LogP contribution in [0.3, 0.4) is 0 Å². The number of nitrogens with one attached hydrogen (secondary N) is 2. The molecule has 0 aromatic rings. The highest BCUT2D eigenvalue weighted by Gasteiger charge is 2.26. The number of phosphoric ester groups is 1. The summed E-state index contributed by atoms with van der Waals surface area (Å²) in [4.78, 5) is 58.4. The molecule has 2 amide bonds. The van der Waals surface area contributed by atoms with E-state index in [0.717, 1.165) is 38.5 Å². The smallest absolute Gasteiger partial charge is 0.462 e. The van der Waals surface area contributed by atoms with Crippen LogP contribution in [0.4, 0.5) is 0 Å². The van der Waals surface area contributed by atoms with E-state index in [4.69, 9.17) is 24.3 Å². The van der Waals surface area contributed by atoms with Gasteiger partial charge in [0.05, 0.1) is 26.3 Å². The minimum atomic E-state index is -4.60. The molecule has 0 aliphatic rings. The van der Waals surface area contributed by atoms with Gasteiger partial charge in [-0.3, -0.25) is 28.2 Å². The fourth-order valence-corrected chi connectivity index (χ4v) is 7.53. The molecule has 13 nitrogen and oxygen atoms in total. The lowest BCUT2D eigenvalue weighted by molar-refractivity contribution is -0.161. The minimum absolute atomic E-state index is 0. The van der Waals surface area contributed by atoms with Gasteiger partial charge < -0.3 is 30.7 Å². The first-order valence-electron chi connectivity index (χ1n) is 23.8. The summed E-state index contributed by atoms with van der Waals surface area (Å²) in [6, 6.07) is 0. The molecule has 2 atom stereocenters. The summed E-state index contributed by atoms with van der Waals surface area (Å²) in [7, 11) is -4.60. The topological polar surface area (TPSA) is 193 Å². The Morgan fingerprint density at radius 2 is 0.917 bits per heavy atom. The lowest BCUT2D eigenvalue weighted by atomic mass is 10.0. The van der Waals surface area contributed by atoms with Gasteiger partial charge in [-0.25, -0.2) is 4.57 Å². The van der Waals surface area contributed by atoms with E-state index >= 15 is 0 Å². The third-order valence-corrected chi connectivity index (χ3v) is 11.4. The van der Waals surface area contributed by atoms with Crippen molar-refractivity contribution in [1.29, 1.82) is 0 Å². The SMILES string of the molecule is CCCCCCCCCCCCCCCCCC(=O)OC[C@H](COP(=O)(O)OCCNC(=O)CNC(=O)CN)OC(=O)CCCCCCCCCCCCCCCCC.Cl. The zero-order valence-corrected chi connectivity index (χ0v) is 39.7. The van der Waals surface area contributed by atoms with Crippen molar-refractivity contribution in [3.63, 3.8) is 0 Å². The van der Waals surface area contributed by atoms with Crippen molar-refractivity contribution in [1.82, 2.24) is 10.6 Å². The molecular formula is C45H89ClN3O10P. The Labute approximate surface area is 371 Å². The number of hydrogen-bond acceptors (Lipinski definition) is 10. The molecular weight excluding hydrogens is 809 g/mol. The van der Waals surface area contributed by atoms with E-state index in [-0.39, 0.29) is 58.1 Å². The third-order valence-electron chi connectivity index (χ3n) is 10.4. The fraction of sp³-hybridized carbons (Fsp3) is 0.911. The normalized spacial score (nSPS) is 12.6. The first kappa shape index (κ1) is 60.3. The summed E-state index contributed by atoms with van der Waals surface area (Å²) >= 11 is 0. The van der Waals surface area contributed by atoms with E-state index in [1.54, 1.807) is 0 Å². The maximum absolute atomic E-state index is 12.7. The molecule has 0 heterocycles. The second kappa shape index (κ2) is 45.3. The number of esters is 2. The molecule has 0 bridgehead atoms. The van der Waals surface area contributed by atoms with Crippen molar-refractivity contribution in [3.05, 3.63) is 0 Å². The van der Waals surface area contributed by atoms with Crippen LogP contribution >= 0.6 is 20.2 Å². The summed E-state index contributed by atoms with van der Waals surface area (Å²) in [6.45, 7) is 2.63. The number of hydrogen-bond donors (Lipinski definition) is 4. The largest absolute Gasteiger partial charge is 0.472 e. The summed E-state index contributed by atoms with van der Waals surface area (Å²) < 4.78 is 33.5. The molecule has 0 spiro atoms. The van der Waals surface area contributed by atoms with Gasteiger partial charge in [0.15, 0.2) is 6.10 Å². The average Bonchev–Trinajstić information content (AvgIpc) is 3.22. The lowest BCUT2D eigenvalue weighted by Crippen LogP contribution is -2.40. The van der Waals surface area contributed by atoms with Crippen LogP contribution < -0.4 is 16.4 Å². The maximum atomic E-state index is 12.7. The van der Waals surface area contributed by atoms with Crippen molar-refractivity contribution in [2.24, 2.45) is 5.73 Å². The van der Waals surface area contributed by atoms with Crippen molar-refractivity contribution in [2.45, 2.75) is 225 Å². The highest BCUT2D eigenvalue weighted by molar-refractivity contribution is 7.47. The lowest BCUT2D eigenvalue weighted by Gasteiger charge is -2.20. The first-order chi connectivity index (χ1) is 28.6. The average molecular weight is 899 g/mol. The standard InChI is InChI=1S/C45H88N3O10P.ClH/c1-3-5-7-9-11-13-15-17-19-21-23-25-27-29-31-33-44(51)55-39-41(40-57-59(53,54)56-36-35-47-43(50)38-48-42(49)37-46)58-45(52)34-32-30-28-26-24-22-20-18-16-14-12-10-8-6-4-2;/h41H,3-40,46H2,1-2H3,(H,47,50)(H,48,49)(H,53,54);1H/t41-;/m1./s1. The second-order valence-corrected chi connectivity index (χ2v) is 17.6. The van der Waals surface area contributed by atoms with Crippen LogP contribution in [-0.4, -0.2) is 74.2 Å². The van der Waals surface area contributed by atoms with Gasteiger partial charge in [-0.15, -0.1) is 12.4 Å². The Kier molecular flexibility index (Phi) is 45.5. The van der Waals surface area contributed by atoms with Gasteiger partial charge in [-0.05, 0) is 12.8 Å². The zero-order valence-electron chi connectivity index (χ0n) is 38.0. The van der Waals surface area contributed by atoms with Gasteiger partial charge in [0, 0.05) is 19.4 Å². The van der Waals surface area contributed by atoms with Crippen molar-refractivity contribution >= 4 is 44.0 Å². The highest BCUT2D eigenvalue weighted by atomic mass is 35.5. The molecule has 0 aliphatic carbocycles. The summed E-state index contributed by atoms with van der Waals surface area (Å²) in [5, 5.41) is 4.73. The van der Waals surface area contributed by atoms with Crippen molar-refractivity contribution in [3.8, 4) is 0 Å². The molecule has 0 saturated carbocycles. The van der Waals surface area contributed by atoms with Gasteiger partial charge in [-0.2, -0.15) is 0 Å². The quantitative estimate of drug-likeness (QED) is 0.0258. The number of carbonyl (C=O) groups excluding carboxylic acids is 4. The maximum Gasteiger partial charge on any atom is 0.472 e. The molecule has 0 aliphatic heterocycles. The summed E-state index contributed by atoms with van der Waals surface area (Å²) in [6.07, 6.45) is 36.0. The molecule has 0 aromatic heterocycles. The monoisotopic (exact) mass is 898 g/mol. The molecule has 0 saturated heterocycles. The van der Waals surface area contributed by atoms with Crippen molar-refractivity contribution in [2.75, 3.05) is 39.5 Å². The molecule has 15 heteroatoms. The molecule has 1 unspecified atom stereocenters. The summed E-state index contributed by atoms with van der Waals surface area (Å²) in [5.74, 6) is -1.95. The Bertz CT molecular complexity index is 1070. The molecule has 60 heavy (non-hydrogen) atoms. The van der Waals surface area contributed by atoms with E-state index in [1.807, 2.05) is 0 Å². The van der Waals surface area contributed by atoms with E-state index in [2.05, 4.69) is 24.5 Å². The van der Waals surface area contributed by atoms with Crippen LogP contribution in [0, 0.1) is 0 Å². The Hall–Kier alpha value is -1.76. The molecule has 0 fully saturated rings. The van der Waals surface area contributed by atoms with Gasteiger partial charge >= 0.3 is 19.8 Å². The number of amides is 2. The molecule has 5 N–H and O–H groups in total. The number of unbranched alkanes of at least 4 members (excludes halogenated alkanes) is 28. The number of rotatable bonds is 45. The number of phosphoric acid groups is 1. The molecule has 356 valence electrons. The Morgan fingerprint density at radius 3 is 1.32 bits per heavy atom. The predicted molar refractivity (Wildman–Crippen MR) is 244 cm³/mol. The van der Waals surface area contributed by atoms with Crippen LogP contribution in [0.25, 0.3) is 0 Å². The predicted octanol–water partition coefficient (Wildman–Crippen LogP) is 10.7. The van der Waals surface area contributed by atoms with E-state index in [0.29, 0.717) is 12.8 Å². The summed E-state index contributed by atoms with van der Waals surface area (Å²) in [5.41, 5.74) is 5.18. The highest BCUT2D eigenvalue weighted by Crippen LogP contribution is 2.43. The number of halogens is 1. The third kappa shape index (κ3) is 44.3. The van der Waals surface area contributed by atoms with Gasteiger partial charge in [0.1, 0.15) is 6.61 Å². The van der Waals surface area contributed by atoms with Crippen molar-refractivity contribution < 1.29 is 47.2 Å². The van der Waals surface area contributed by atoms with E-state index in [1.165, 1.54) is 141 Å². The second-order valence-electron chi connectivity index (χ2n) is 16.1. The minimum Gasteiger partial charge on any atom is -0.462 e. The first-order valence-corrected chi connectivity index (χ1v) is 25.3. The van der Waals surface area contributed by atoms with Crippen LogP contribution in [0.5, 0.6) is 0 Å². The van der Waals surface area contributed by atoms with Crippen LogP contribution in [0.2, 0.25) is 0 Å². The van der Waals surface area contributed by atoms with E-state index < -0.39 is 44.3 Å². The Balaban J connectivity index is 0. The van der Waals surface area contributed by atoms with E-state index in [9.17, 15) is 28.6 Å².